The lowest BCUT2D eigenvalue weighted by atomic mass is 10.3. The third-order valence-electron chi connectivity index (χ3n) is 3.16. The second kappa shape index (κ2) is 7.27. The molecular weight excluding hydrogens is 424 g/mol. The topological polar surface area (TPSA) is 15.3 Å². The van der Waals surface area contributed by atoms with Crippen LogP contribution in [0.3, 0.4) is 0 Å². The van der Waals surface area contributed by atoms with Gasteiger partial charge in [0, 0.05) is 20.0 Å². The monoisotopic (exact) mass is 438 g/mol. The maximum Gasteiger partial charge on any atom is 0.0629 e. The summed E-state index contributed by atoms with van der Waals surface area (Å²) in [4.78, 5) is 2.55. The highest BCUT2D eigenvalue weighted by Crippen LogP contribution is 2.34. The van der Waals surface area contributed by atoms with Crippen molar-refractivity contribution in [2.75, 3.05) is 31.5 Å². The van der Waals surface area contributed by atoms with Crippen LogP contribution >= 0.6 is 47.8 Å². The zero-order valence-corrected chi connectivity index (χ0v) is 14.9. The van der Waals surface area contributed by atoms with E-state index in [1.165, 1.54) is 38.9 Å². The molecule has 100 valence electrons. The molecule has 0 atom stereocenters. The van der Waals surface area contributed by atoms with Crippen LogP contribution in [0.25, 0.3) is 0 Å². The first-order valence-electron chi connectivity index (χ1n) is 6.27. The molecule has 0 saturated carbocycles. The molecule has 0 unspecified atom stereocenters. The van der Waals surface area contributed by atoms with Crippen molar-refractivity contribution in [2.24, 2.45) is 0 Å². The van der Waals surface area contributed by atoms with Crippen LogP contribution in [0.1, 0.15) is 19.3 Å². The number of hydrogen-bond donors (Lipinski definition) is 1. The summed E-state index contributed by atoms with van der Waals surface area (Å²) >= 11 is 10.6. The van der Waals surface area contributed by atoms with Crippen molar-refractivity contribution in [1.29, 1.82) is 0 Å². The van der Waals surface area contributed by atoms with Crippen LogP contribution in [0, 0.1) is 0 Å². The SMILES string of the molecule is Brc1cc(Br)c(NCCCN2CCCC2)c(Br)c1. The molecule has 0 aliphatic carbocycles. The lowest BCUT2D eigenvalue weighted by Gasteiger charge is -2.16. The number of nitrogens with one attached hydrogen (secondary N) is 1. The van der Waals surface area contributed by atoms with Gasteiger partial charge in [0.05, 0.1) is 5.69 Å². The Morgan fingerprint density at radius 2 is 1.67 bits per heavy atom. The Kier molecular flexibility index (Phi) is 5.98. The summed E-state index contributed by atoms with van der Waals surface area (Å²) in [5, 5.41) is 3.49. The van der Waals surface area contributed by atoms with Gasteiger partial charge in [0.25, 0.3) is 0 Å². The third kappa shape index (κ3) is 4.22. The summed E-state index contributed by atoms with van der Waals surface area (Å²) in [6, 6.07) is 4.13. The zero-order chi connectivity index (χ0) is 13.0. The highest BCUT2D eigenvalue weighted by molar-refractivity contribution is 9.11. The first-order chi connectivity index (χ1) is 8.66. The van der Waals surface area contributed by atoms with Crippen LogP contribution in [0.4, 0.5) is 5.69 Å². The average molecular weight is 441 g/mol. The molecule has 1 heterocycles. The van der Waals surface area contributed by atoms with Gasteiger partial charge in [-0.15, -0.1) is 0 Å². The van der Waals surface area contributed by atoms with Crippen LogP contribution in [0.2, 0.25) is 0 Å². The van der Waals surface area contributed by atoms with Crippen LogP contribution in [-0.4, -0.2) is 31.1 Å². The highest BCUT2D eigenvalue weighted by atomic mass is 79.9. The molecule has 2 rings (SSSR count). The van der Waals surface area contributed by atoms with Crippen LogP contribution in [0.15, 0.2) is 25.6 Å². The van der Waals surface area contributed by atoms with Gasteiger partial charge in [0.2, 0.25) is 0 Å². The Balaban J connectivity index is 1.79. The maximum absolute atomic E-state index is 3.58. The standard InChI is InChI=1S/C13H17Br3N2/c14-10-8-11(15)13(12(16)9-10)17-4-3-7-18-5-1-2-6-18/h8-9,17H,1-7H2. The Morgan fingerprint density at radius 3 is 2.28 bits per heavy atom. The van der Waals surface area contributed by atoms with E-state index in [0.717, 1.165) is 25.7 Å². The van der Waals surface area contributed by atoms with E-state index in [-0.39, 0.29) is 0 Å². The molecule has 0 radical (unpaired) electrons. The van der Waals surface area contributed by atoms with Crippen LogP contribution in [-0.2, 0) is 0 Å². The van der Waals surface area contributed by atoms with Crippen molar-refractivity contribution in [3.05, 3.63) is 25.6 Å². The van der Waals surface area contributed by atoms with Crippen molar-refractivity contribution >= 4 is 53.5 Å². The Hall–Kier alpha value is 0.420. The molecule has 1 aliphatic heterocycles. The minimum Gasteiger partial charge on any atom is -0.383 e. The van der Waals surface area contributed by atoms with Gasteiger partial charge in [-0.3, -0.25) is 0 Å². The van der Waals surface area contributed by atoms with E-state index in [1.54, 1.807) is 0 Å². The van der Waals surface area contributed by atoms with Crippen molar-refractivity contribution in [3.8, 4) is 0 Å². The average Bonchev–Trinajstić information content (AvgIpc) is 2.79. The number of rotatable bonds is 5. The van der Waals surface area contributed by atoms with Gasteiger partial charge in [0.1, 0.15) is 0 Å². The molecule has 1 saturated heterocycles. The molecule has 1 fully saturated rings. The lowest BCUT2D eigenvalue weighted by molar-refractivity contribution is 0.337. The van der Waals surface area contributed by atoms with Crippen molar-refractivity contribution in [2.45, 2.75) is 19.3 Å². The first kappa shape index (κ1) is 14.8. The van der Waals surface area contributed by atoms with E-state index in [4.69, 9.17) is 0 Å². The zero-order valence-electron chi connectivity index (χ0n) is 10.2. The number of nitrogens with zero attached hydrogens (tertiary/aromatic N) is 1. The lowest BCUT2D eigenvalue weighted by Crippen LogP contribution is -2.22. The molecule has 2 nitrogen and oxygen atoms in total. The van der Waals surface area contributed by atoms with Gasteiger partial charge in [0.15, 0.2) is 0 Å². The smallest absolute Gasteiger partial charge is 0.0629 e. The van der Waals surface area contributed by atoms with Gasteiger partial charge in [-0.2, -0.15) is 0 Å². The van der Waals surface area contributed by atoms with Gasteiger partial charge in [-0.25, -0.2) is 0 Å². The predicted octanol–water partition coefficient (Wildman–Crippen LogP) is 4.87. The number of anilines is 1. The molecule has 1 N–H and O–H groups in total. The first-order valence-corrected chi connectivity index (χ1v) is 8.65. The summed E-state index contributed by atoms with van der Waals surface area (Å²) in [6.45, 7) is 4.78. The summed E-state index contributed by atoms with van der Waals surface area (Å²) in [5.74, 6) is 0. The summed E-state index contributed by atoms with van der Waals surface area (Å²) in [6.07, 6.45) is 3.93. The normalized spacial score (nSPS) is 16.2. The number of benzene rings is 1. The number of halogens is 3. The minimum absolute atomic E-state index is 1.01. The summed E-state index contributed by atoms with van der Waals surface area (Å²) in [5.41, 5.74) is 1.14. The second-order valence-corrected chi connectivity index (χ2v) is 7.20. The third-order valence-corrected chi connectivity index (χ3v) is 4.87. The fraction of sp³-hybridized carbons (Fsp3) is 0.538. The largest absolute Gasteiger partial charge is 0.383 e. The highest BCUT2D eigenvalue weighted by Gasteiger charge is 2.11. The molecule has 0 amide bonds. The Labute approximate surface area is 134 Å². The minimum atomic E-state index is 1.01. The maximum atomic E-state index is 3.58. The molecule has 1 aliphatic rings. The van der Waals surface area contributed by atoms with E-state index < -0.39 is 0 Å². The van der Waals surface area contributed by atoms with Crippen LogP contribution < -0.4 is 5.32 Å². The van der Waals surface area contributed by atoms with E-state index in [2.05, 4.69) is 70.1 Å². The van der Waals surface area contributed by atoms with Crippen molar-refractivity contribution < 1.29 is 0 Å². The molecule has 1 aromatic carbocycles. The van der Waals surface area contributed by atoms with Crippen molar-refractivity contribution in [3.63, 3.8) is 0 Å². The molecular formula is C13H17Br3N2. The molecule has 0 aromatic heterocycles. The van der Waals surface area contributed by atoms with Gasteiger partial charge < -0.3 is 10.2 Å². The van der Waals surface area contributed by atoms with Crippen LogP contribution in [0.5, 0.6) is 0 Å². The van der Waals surface area contributed by atoms with E-state index >= 15 is 0 Å². The van der Waals surface area contributed by atoms with Gasteiger partial charge >= 0.3 is 0 Å². The number of likely N-dealkylation sites (tertiary alicyclic amines) is 1. The quantitative estimate of drug-likeness (QED) is 0.657. The molecule has 18 heavy (non-hydrogen) atoms. The predicted molar refractivity (Wildman–Crippen MR) is 88.3 cm³/mol. The summed E-state index contributed by atoms with van der Waals surface area (Å²) < 4.78 is 3.25. The van der Waals surface area contributed by atoms with Gasteiger partial charge in [-0.1, -0.05) is 15.9 Å². The molecule has 1 aromatic rings. The molecule has 0 bridgehead atoms. The summed E-state index contributed by atoms with van der Waals surface area (Å²) in [7, 11) is 0. The van der Waals surface area contributed by atoms with E-state index in [1.807, 2.05) is 0 Å². The Morgan fingerprint density at radius 1 is 1.06 bits per heavy atom. The Bertz CT molecular complexity index is 380. The van der Waals surface area contributed by atoms with E-state index in [0.29, 0.717) is 0 Å². The second-order valence-electron chi connectivity index (χ2n) is 4.57. The van der Waals surface area contributed by atoms with Gasteiger partial charge in [-0.05, 0) is 82.9 Å². The molecule has 0 spiro atoms. The van der Waals surface area contributed by atoms with E-state index in [9.17, 15) is 0 Å². The van der Waals surface area contributed by atoms with Crippen molar-refractivity contribution in [1.82, 2.24) is 4.90 Å². The fourth-order valence-electron chi connectivity index (χ4n) is 2.23. The fourth-order valence-corrected chi connectivity index (χ4v) is 4.77. The number of hydrogen-bond acceptors (Lipinski definition) is 2. The molecule has 5 heteroatoms.